The van der Waals surface area contributed by atoms with E-state index in [-0.39, 0.29) is 12.1 Å². The maximum Gasteiger partial charge on any atom is 0.320 e. The van der Waals surface area contributed by atoms with Gasteiger partial charge in [0.05, 0.1) is 12.6 Å². The molecule has 0 unspecified atom stereocenters. The second-order valence-corrected chi connectivity index (χ2v) is 3.07. The molecule has 2 N–H and O–H groups in total. The molecule has 0 spiro atoms. The van der Waals surface area contributed by atoms with Gasteiger partial charge in [-0.25, -0.2) is 0 Å². The number of ether oxygens (including phenoxy) is 1. The maximum atomic E-state index is 11.0. The number of esters is 1. The molecule has 0 aliphatic rings. The van der Waals surface area contributed by atoms with E-state index in [4.69, 9.17) is 10.5 Å². The van der Waals surface area contributed by atoms with Gasteiger partial charge in [-0.05, 0) is 20.9 Å². The Morgan fingerprint density at radius 2 is 2.17 bits per heavy atom. The molecule has 0 rings (SSSR count). The Balaban J connectivity index is 3.54. The number of carbonyl (C=O) groups excluding carboxylic acids is 1. The van der Waals surface area contributed by atoms with Crippen molar-refractivity contribution in [2.45, 2.75) is 20.0 Å². The van der Waals surface area contributed by atoms with Crippen LogP contribution in [0.15, 0.2) is 0 Å². The number of hydrogen-bond donors (Lipinski definition) is 1. The van der Waals surface area contributed by atoms with E-state index in [1.54, 1.807) is 0 Å². The molecule has 12 heavy (non-hydrogen) atoms. The molecule has 0 fully saturated rings. The van der Waals surface area contributed by atoms with Gasteiger partial charge in [0.25, 0.3) is 0 Å². The van der Waals surface area contributed by atoms with Crippen LogP contribution in [0, 0.1) is 0 Å². The summed E-state index contributed by atoms with van der Waals surface area (Å²) in [6.07, 6.45) is -0.0382. The van der Waals surface area contributed by atoms with E-state index in [1.165, 1.54) is 0 Å². The normalized spacial score (nSPS) is 10.8. The summed E-state index contributed by atoms with van der Waals surface area (Å²) in [6, 6.07) is 0. The van der Waals surface area contributed by atoms with Crippen molar-refractivity contribution in [3.8, 4) is 0 Å². The molecule has 0 aliphatic carbocycles. The highest BCUT2D eigenvalue weighted by atomic mass is 16.5. The van der Waals surface area contributed by atoms with Gasteiger partial charge in [0, 0.05) is 13.1 Å². The monoisotopic (exact) mass is 174 g/mol. The SMILES string of the molecule is CC(C)OC(=O)CN(C)CCN. The molecule has 0 saturated carbocycles. The van der Waals surface area contributed by atoms with Gasteiger partial charge in [-0.1, -0.05) is 0 Å². The van der Waals surface area contributed by atoms with E-state index in [0.717, 1.165) is 0 Å². The van der Waals surface area contributed by atoms with Gasteiger partial charge in [0.15, 0.2) is 0 Å². The number of likely N-dealkylation sites (N-methyl/N-ethyl adjacent to an activating group) is 1. The summed E-state index contributed by atoms with van der Waals surface area (Å²) in [5, 5.41) is 0. The lowest BCUT2D eigenvalue weighted by Gasteiger charge is -2.15. The second kappa shape index (κ2) is 5.97. The molecule has 0 radical (unpaired) electrons. The molecular weight excluding hydrogens is 156 g/mol. The largest absolute Gasteiger partial charge is 0.462 e. The fraction of sp³-hybridized carbons (Fsp3) is 0.875. The average molecular weight is 174 g/mol. The van der Waals surface area contributed by atoms with Crippen molar-refractivity contribution in [1.82, 2.24) is 4.90 Å². The molecule has 0 heterocycles. The van der Waals surface area contributed by atoms with Gasteiger partial charge in [-0.15, -0.1) is 0 Å². The van der Waals surface area contributed by atoms with Crippen molar-refractivity contribution in [3.05, 3.63) is 0 Å². The van der Waals surface area contributed by atoms with E-state index < -0.39 is 0 Å². The zero-order chi connectivity index (χ0) is 9.56. The molecule has 0 aromatic rings. The van der Waals surface area contributed by atoms with E-state index in [1.807, 2.05) is 25.8 Å². The molecule has 0 aromatic carbocycles. The van der Waals surface area contributed by atoms with Crippen LogP contribution in [-0.4, -0.2) is 43.7 Å². The zero-order valence-electron chi connectivity index (χ0n) is 8.04. The lowest BCUT2D eigenvalue weighted by molar-refractivity contribution is -0.148. The summed E-state index contributed by atoms with van der Waals surface area (Å²) in [5.74, 6) is -0.194. The quantitative estimate of drug-likeness (QED) is 0.588. The summed E-state index contributed by atoms with van der Waals surface area (Å²) in [6.45, 7) is 5.26. The first-order valence-corrected chi connectivity index (χ1v) is 4.14. The minimum atomic E-state index is -0.194. The van der Waals surface area contributed by atoms with Crippen molar-refractivity contribution in [3.63, 3.8) is 0 Å². The van der Waals surface area contributed by atoms with Gasteiger partial charge < -0.3 is 10.5 Å². The summed E-state index contributed by atoms with van der Waals surface area (Å²) in [5.41, 5.74) is 5.31. The number of nitrogens with zero attached hydrogens (tertiary/aromatic N) is 1. The molecule has 0 aliphatic heterocycles. The van der Waals surface area contributed by atoms with Crippen LogP contribution in [-0.2, 0) is 9.53 Å². The van der Waals surface area contributed by atoms with Crippen molar-refractivity contribution in [1.29, 1.82) is 0 Å². The van der Waals surface area contributed by atoms with E-state index in [9.17, 15) is 4.79 Å². The van der Waals surface area contributed by atoms with Gasteiger partial charge in [-0.2, -0.15) is 0 Å². The van der Waals surface area contributed by atoms with E-state index >= 15 is 0 Å². The molecule has 0 aromatic heterocycles. The Morgan fingerprint density at radius 1 is 1.58 bits per heavy atom. The van der Waals surface area contributed by atoms with Crippen LogP contribution in [0.5, 0.6) is 0 Å². The Morgan fingerprint density at radius 3 is 2.58 bits per heavy atom. The highest BCUT2D eigenvalue weighted by Crippen LogP contribution is 1.90. The third-order valence-electron chi connectivity index (χ3n) is 1.28. The third-order valence-corrected chi connectivity index (χ3v) is 1.28. The highest BCUT2D eigenvalue weighted by Gasteiger charge is 2.07. The van der Waals surface area contributed by atoms with E-state index in [0.29, 0.717) is 19.6 Å². The van der Waals surface area contributed by atoms with Crippen molar-refractivity contribution in [2.75, 3.05) is 26.7 Å². The Bertz CT molecular complexity index is 137. The highest BCUT2D eigenvalue weighted by molar-refractivity contribution is 5.71. The van der Waals surface area contributed by atoms with E-state index in [2.05, 4.69) is 0 Å². The Labute approximate surface area is 73.7 Å². The number of nitrogens with two attached hydrogens (primary N) is 1. The first-order valence-electron chi connectivity index (χ1n) is 4.14. The average Bonchev–Trinajstić information content (AvgIpc) is 1.84. The van der Waals surface area contributed by atoms with Gasteiger partial charge in [-0.3, -0.25) is 9.69 Å². The van der Waals surface area contributed by atoms with Crippen LogP contribution < -0.4 is 5.73 Å². The van der Waals surface area contributed by atoms with Crippen molar-refractivity contribution >= 4 is 5.97 Å². The van der Waals surface area contributed by atoms with Crippen LogP contribution in [0.4, 0.5) is 0 Å². The first kappa shape index (κ1) is 11.4. The lowest BCUT2D eigenvalue weighted by atomic mass is 10.4. The Hall–Kier alpha value is -0.610. The summed E-state index contributed by atoms with van der Waals surface area (Å²) < 4.78 is 4.95. The van der Waals surface area contributed by atoms with Crippen LogP contribution in [0.2, 0.25) is 0 Å². The van der Waals surface area contributed by atoms with Crippen LogP contribution in [0.1, 0.15) is 13.8 Å². The third kappa shape index (κ3) is 6.12. The second-order valence-electron chi connectivity index (χ2n) is 3.07. The fourth-order valence-corrected chi connectivity index (χ4v) is 0.820. The molecule has 72 valence electrons. The molecule has 0 bridgehead atoms. The summed E-state index contributed by atoms with van der Waals surface area (Å²) in [4.78, 5) is 12.9. The standard InChI is InChI=1S/C8H18N2O2/c1-7(2)12-8(11)6-10(3)5-4-9/h7H,4-6,9H2,1-3H3. The topological polar surface area (TPSA) is 55.6 Å². The number of carbonyl (C=O) groups is 1. The molecule has 4 heteroatoms. The molecular formula is C8H18N2O2. The minimum absolute atomic E-state index is 0.0382. The van der Waals surface area contributed by atoms with Gasteiger partial charge in [0.1, 0.15) is 0 Å². The lowest BCUT2D eigenvalue weighted by Crippen LogP contribution is -2.32. The van der Waals surface area contributed by atoms with Crippen LogP contribution >= 0.6 is 0 Å². The smallest absolute Gasteiger partial charge is 0.320 e. The van der Waals surface area contributed by atoms with Gasteiger partial charge >= 0.3 is 5.97 Å². The number of rotatable bonds is 5. The Kier molecular flexibility index (Phi) is 5.66. The van der Waals surface area contributed by atoms with Crippen molar-refractivity contribution < 1.29 is 9.53 Å². The summed E-state index contributed by atoms with van der Waals surface area (Å²) in [7, 11) is 1.84. The fourth-order valence-electron chi connectivity index (χ4n) is 0.820. The predicted molar refractivity (Wildman–Crippen MR) is 47.8 cm³/mol. The zero-order valence-corrected chi connectivity index (χ0v) is 8.04. The first-order chi connectivity index (χ1) is 5.56. The van der Waals surface area contributed by atoms with Crippen LogP contribution in [0.3, 0.4) is 0 Å². The predicted octanol–water partition coefficient (Wildman–Crippen LogP) is -0.171. The molecule has 0 amide bonds. The van der Waals surface area contributed by atoms with Crippen LogP contribution in [0.25, 0.3) is 0 Å². The molecule has 4 nitrogen and oxygen atoms in total. The molecule has 0 atom stereocenters. The number of hydrogen-bond acceptors (Lipinski definition) is 4. The molecule has 0 saturated heterocycles. The maximum absolute atomic E-state index is 11.0. The minimum Gasteiger partial charge on any atom is -0.462 e. The summed E-state index contributed by atoms with van der Waals surface area (Å²) >= 11 is 0. The van der Waals surface area contributed by atoms with Crippen molar-refractivity contribution in [2.24, 2.45) is 5.73 Å². The van der Waals surface area contributed by atoms with Gasteiger partial charge in [0.2, 0.25) is 0 Å².